The van der Waals surface area contributed by atoms with Crippen molar-refractivity contribution >= 4 is 14.7 Å². The van der Waals surface area contributed by atoms with Gasteiger partial charge in [-0.25, -0.2) is 0 Å². The molecule has 0 radical (unpaired) electrons. The quantitative estimate of drug-likeness (QED) is 0.317. The average Bonchev–Trinajstić information content (AvgIpc) is 3.33. The molecule has 1 aliphatic heterocycles. The summed E-state index contributed by atoms with van der Waals surface area (Å²) in [5, 5.41) is 1.66. The van der Waals surface area contributed by atoms with Crippen LogP contribution in [0.25, 0.3) is 39.0 Å². The average molecular weight is 427 g/mol. The molecule has 0 fully saturated rings. The molecule has 0 nitrogen and oxygen atoms in total. The van der Waals surface area contributed by atoms with Gasteiger partial charge in [-0.15, -0.1) is 0 Å². The molecule has 32 heavy (non-hydrogen) atoms. The van der Waals surface area contributed by atoms with Crippen LogP contribution in [0.15, 0.2) is 78.9 Å². The van der Waals surface area contributed by atoms with Crippen LogP contribution in [0.4, 0.5) is 0 Å². The minimum Gasteiger partial charge on any atom is -0.0622 e. The molecule has 0 saturated carbocycles. The maximum Gasteiger partial charge on any atom is 0.0326 e. The Morgan fingerprint density at radius 3 is 1.81 bits per heavy atom. The first-order chi connectivity index (χ1) is 15.6. The zero-order valence-electron chi connectivity index (χ0n) is 18.8. The van der Waals surface area contributed by atoms with E-state index in [4.69, 9.17) is 0 Å². The summed E-state index contributed by atoms with van der Waals surface area (Å²) < 4.78 is 0. The van der Waals surface area contributed by atoms with Gasteiger partial charge in [0.25, 0.3) is 0 Å². The number of hydrogen-bond acceptors (Lipinski definition) is 0. The van der Waals surface area contributed by atoms with E-state index in [2.05, 4.69) is 99.6 Å². The summed E-state index contributed by atoms with van der Waals surface area (Å²) >= 11 is 0. The molecule has 0 N–H and O–H groups in total. The van der Waals surface area contributed by atoms with Crippen LogP contribution in [-0.2, 0) is 0 Å². The molecule has 3 aliphatic carbocycles. The van der Waals surface area contributed by atoms with E-state index >= 15 is 0 Å². The van der Waals surface area contributed by atoms with Crippen molar-refractivity contribution in [2.45, 2.75) is 32.2 Å². The van der Waals surface area contributed by atoms with E-state index in [0.29, 0.717) is 15.0 Å². The molecule has 0 spiro atoms. The fraction of sp³-hybridized carbons (Fsp3) is 0.194. The standard InChI is InChI=1S/C31H26Si/c1-17(2)30-29-27-24-18(3)31(32-30)28(29)25(26(24)27)23-15-21(19-10-6-4-7-11-19)14-22(16-23)20-12-8-5-9-13-20/h4-17,27,30,32H,1-3H3. The molecule has 154 valence electrons. The predicted octanol–water partition coefficient (Wildman–Crippen LogP) is 6.75. The fourth-order valence-electron chi connectivity index (χ4n) is 6.33. The Labute approximate surface area is 191 Å². The highest BCUT2D eigenvalue weighted by Crippen LogP contribution is 2.63. The summed E-state index contributed by atoms with van der Waals surface area (Å²) in [6.45, 7) is 7.24. The van der Waals surface area contributed by atoms with Crippen LogP contribution in [0, 0.1) is 17.7 Å². The minimum atomic E-state index is 0.362. The van der Waals surface area contributed by atoms with Crippen LogP contribution in [-0.4, -0.2) is 9.13 Å². The monoisotopic (exact) mass is 426 g/mol. The van der Waals surface area contributed by atoms with Gasteiger partial charge in [0.1, 0.15) is 0 Å². The zero-order chi connectivity index (χ0) is 21.6. The topological polar surface area (TPSA) is 0 Å². The van der Waals surface area contributed by atoms with Gasteiger partial charge >= 0.3 is 0 Å². The summed E-state index contributed by atoms with van der Waals surface area (Å²) in [5.41, 5.74) is 15.8. The lowest BCUT2D eigenvalue weighted by atomic mass is 9.90. The molecule has 0 saturated heterocycles. The summed E-state index contributed by atoms with van der Waals surface area (Å²) in [4.78, 5) is 1.73. The molecule has 2 atom stereocenters. The predicted molar refractivity (Wildman–Crippen MR) is 137 cm³/mol. The van der Waals surface area contributed by atoms with Crippen LogP contribution < -0.4 is 5.22 Å². The van der Waals surface area contributed by atoms with Gasteiger partial charge in [0.2, 0.25) is 0 Å². The Morgan fingerprint density at radius 2 is 1.25 bits per heavy atom. The van der Waals surface area contributed by atoms with Gasteiger partial charge in [0.15, 0.2) is 0 Å². The van der Waals surface area contributed by atoms with Crippen LogP contribution in [0.3, 0.4) is 0 Å². The minimum absolute atomic E-state index is 0.362. The second kappa shape index (κ2) is 6.49. The highest BCUT2D eigenvalue weighted by atomic mass is 28.2. The van der Waals surface area contributed by atoms with E-state index in [1.54, 1.807) is 37.9 Å². The maximum absolute atomic E-state index is 2.45. The van der Waals surface area contributed by atoms with Crippen molar-refractivity contribution in [1.29, 1.82) is 0 Å². The summed E-state index contributed by atoms with van der Waals surface area (Å²) in [6.07, 6.45) is 0. The van der Waals surface area contributed by atoms with Crippen molar-refractivity contribution in [3.63, 3.8) is 0 Å². The lowest BCUT2D eigenvalue weighted by Crippen LogP contribution is -2.12. The molecule has 4 aromatic carbocycles. The van der Waals surface area contributed by atoms with Gasteiger partial charge in [-0.1, -0.05) is 74.5 Å². The third kappa shape index (κ3) is 2.40. The van der Waals surface area contributed by atoms with Crippen molar-refractivity contribution in [2.24, 2.45) is 5.92 Å². The molecule has 0 aromatic heterocycles. The summed E-state index contributed by atoms with van der Waals surface area (Å²) in [6, 6.07) is 29.0. The van der Waals surface area contributed by atoms with Crippen molar-refractivity contribution in [3.8, 4) is 33.4 Å². The highest BCUT2D eigenvalue weighted by molar-refractivity contribution is 6.37. The molecule has 1 heterocycles. The fourth-order valence-corrected chi connectivity index (χ4v) is 8.50. The third-order valence-corrected chi connectivity index (χ3v) is 10.4. The summed E-state index contributed by atoms with van der Waals surface area (Å²) in [7, 11) is 0.362. The summed E-state index contributed by atoms with van der Waals surface area (Å²) in [5.74, 6) is 1.41. The van der Waals surface area contributed by atoms with Crippen molar-refractivity contribution in [3.05, 3.63) is 106 Å². The molecular formula is C31H26Si. The van der Waals surface area contributed by atoms with Gasteiger partial charge in [0.05, 0.1) is 0 Å². The molecule has 4 aliphatic rings. The Morgan fingerprint density at radius 1 is 0.688 bits per heavy atom. The lowest BCUT2D eigenvalue weighted by Gasteiger charge is -2.17. The number of benzene rings is 4. The number of rotatable bonds is 4. The van der Waals surface area contributed by atoms with Gasteiger partial charge < -0.3 is 0 Å². The highest BCUT2D eigenvalue weighted by Gasteiger charge is 2.50. The molecular weight excluding hydrogens is 400 g/mol. The van der Waals surface area contributed by atoms with Crippen LogP contribution >= 0.6 is 0 Å². The molecule has 0 amide bonds. The first-order valence-electron chi connectivity index (χ1n) is 11.8. The number of hydrogen-bond donors (Lipinski definition) is 0. The van der Waals surface area contributed by atoms with E-state index < -0.39 is 0 Å². The van der Waals surface area contributed by atoms with Crippen LogP contribution in [0.5, 0.6) is 0 Å². The molecule has 2 unspecified atom stereocenters. The van der Waals surface area contributed by atoms with Crippen molar-refractivity contribution in [1.82, 2.24) is 0 Å². The first-order valence-corrected chi connectivity index (χ1v) is 13.1. The molecule has 4 aromatic rings. The van der Waals surface area contributed by atoms with Crippen LogP contribution in [0.2, 0.25) is 5.54 Å². The van der Waals surface area contributed by atoms with E-state index in [9.17, 15) is 0 Å². The van der Waals surface area contributed by atoms with Gasteiger partial charge in [0, 0.05) is 15.0 Å². The van der Waals surface area contributed by atoms with Gasteiger partial charge in [-0.3, -0.25) is 0 Å². The smallest absolute Gasteiger partial charge is 0.0326 e. The Kier molecular flexibility index (Phi) is 3.76. The van der Waals surface area contributed by atoms with E-state index in [-0.39, 0.29) is 0 Å². The third-order valence-electron chi connectivity index (χ3n) is 7.84. The molecule has 6 bridgehead atoms. The van der Waals surface area contributed by atoms with Crippen molar-refractivity contribution < 1.29 is 0 Å². The molecule has 1 heteroatoms. The largest absolute Gasteiger partial charge is 0.0622 e. The second-order valence-corrected chi connectivity index (χ2v) is 11.6. The SMILES string of the molecule is Cc1c2c3c(-c4cc(-c5ccccc5)cc(-c5ccccc5)c4)c4c1=[SiH]C(C(C)C)C=4C23. The van der Waals surface area contributed by atoms with Gasteiger partial charge in [-0.2, -0.15) is 0 Å². The zero-order valence-corrected chi connectivity index (χ0v) is 20.0. The molecule has 8 rings (SSSR count). The van der Waals surface area contributed by atoms with E-state index in [1.165, 1.54) is 27.8 Å². The van der Waals surface area contributed by atoms with Crippen molar-refractivity contribution in [2.75, 3.05) is 0 Å². The maximum atomic E-state index is 2.45. The Hall–Kier alpha value is -3.03. The lowest BCUT2D eigenvalue weighted by molar-refractivity contribution is 0.664. The normalized spacial score (nSPS) is 18.9. The van der Waals surface area contributed by atoms with Gasteiger partial charge in [-0.05, 0) is 102 Å². The van der Waals surface area contributed by atoms with E-state index in [1.807, 2.05) is 0 Å². The van der Waals surface area contributed by atoms with Crippen LogP contribution in [0.1, 0.15) is 36.5 Å². The Balaban J connectivity index is 1.51. The second-order valence-electron chi connectivity index (χ2n) is 9.97. The van der Waals surface area contributed by atoms with E-state index in [0.717, 1.165) is 11.5 Å². The Bertz CT molecular complexity index is 1480. The first kappa shape index (κ1) is 18.5.